The van der Waals surface area contributed by atoms with Gasteiger partial charge in [0.2, 0.25) is 0 Å². The van der Waals surface area contributed by atoms with Gasteiger partial charge in [0.15, 0.2) is 0 Å². The summed E-state index contributed by atoms with van der Waals surface area (Å²) in [6.07, 6.45) is 0. The molecule has 0 fully saturated rings. The molecule has 0 heterocycles. The van der Waals surface area contributed by atoms with Gasteiger partial charge in [-0.25, -0.2) is 13.2 Å². The first kappa shape index (κ1) is 15.2. The van der Waals surface area contributed by atoms with Crippen LogP contribution in [0.2, 0.25) is 0 Å². The molecule has 1 aromatic rings. The van der Waals surface area contributed by atoms with Crippen LogP contribution in [0.1, 0.15) is 11.1 Å². The molecule has 0 amide bonds. The van der Waals surface area contributed by atoms with Gasteiger partial charge >= 0.3 is 5.97 Å². The third-order valence-electron chi connectivity index (χ3n) is 2.62. The van der Waals surface area contributed by atoms with Crippen molar-refractivity contribution >= 4 is 27.9 Å². The Morgan fingerprint density at radius 3 is 2.47 bits per heavy atom. The van der Waals surface area contributed by atoms with Crippen molar-refractivity contribution in [1.82, 2.24) is 0 Å². The van der Waals surface area contributed by atoms with E-state index in [0.29, 0.717) is 16.8 Å². The van der Waals surface area contributed by atoms with E-state index in [1.54, 1.807) is 37.2 Å². The lowest BCUT2D eigenvalue weighted by molar-refractivity contribution is -0.133. The first-order valence-electron chi connectivity index (χ1n) is 5.57. The quantitative estimate of drug-likeness (QED) is 0.497. The number of esters is 1. The average molecular weight is 283 g/mol. The Kier molecular flexibility index (Phi) is 5.11. The van der Waals surface area contributed by atoms with Crippen LogP contribution in [-0.4, -0.2) is 35.6 Å². The fourth-order valence-corrected chi connectivity index (χ4v) is 2.40. The number of methoxy groups -OCH3 is 1. The van der Waals surface area contributed by atoms with Crippen LogP contribution in [0.3, 0.4) is 0 Å². The molecule has 19 heavy (non-hydrogen) atoms. The molecule has 0 radical (unpaired) electrons. The van der Waals surface area contributed by atoms with Crippen LogP contribution in [0.5, 0.6) is 0 Å². The summed E-state index contributed by atoms with van der Waals surface area (Å²) in [5.41, 5.74) is 2.07. The van der Waals surface area contributed by atoms with Crippen LogP contribution in [-0.2, 0) is 26.0 Å². The Morgan fingerprint density at radius 1 is 1.37 bits per heavy atom. The molecule has 104 valence electrons. The highest BCUT2D eigenvalue weighted by molar-refractivity contribution is 7.71. The summed E-state index contributed by atoms with van der Waals surface area (Å²) in [5, 5.41) is 0. The topological polar surface area (TPSA) is 63.7 Å². The minimum absolute atomic E-state index is 0.0782. The molecule has 0 atom stereocenters. The van der Waals surface area contributed by atoms with Gasteiger partial charge in [0.1, 0.15) is 10.7 Å². The minimum atomic E-state index is -2.54. The standard InChI is InChI=1S/C13H17NO4S/c1-9(13(15)18-4)11-7-5-6-10(8-19(16)17)12(11)14(2)3/h5-7,19H,1,8H2,2-4H3. The van der Waals surface area contributed by atoms with E-state index in [2.05, 4.69) is 11.3 Å². The molecule has 0 saturated carbocycles. The molecule has 0 aliphatic heterocycles. The zero-order chi connectivity index (χ0) is 14.6. The molecular weight excluding hydrogens is 266 g/mol. The minimum Gasteiger partial charge on any atom is -0.465 e. The van der Waals surface area contributed by atoms with E-state index in [1.165, 1.54) is 7.11 Å². The molecule has 0 unspecified atom stereocenters. The van der Waals surface area contributed by atoms with Crippen LogP contribution >= 0.6 is 0 Å². The van der Waals surface area contributed by atoms with E-state index in [9.17, 15) is 13.2 Å². The van der Waals surface area contributed by atoms with Crippen molar-refractivity contribution in [3.05, 3.63) is 35.9 Å². The lowest BCUT2D eigenvalue weighted by Crippen LogP contribution is -2.15. The van der Waals surface area contributed by atoms with Crippen molar-refractivity contribution in [2.24, 2.45) is 0 Å². The van der Waals surface area contributed by atoms with E-state index < -0.39 is 16.7 Å². The van der Waals surface area contributed by atoms with E-state index in [1.807, 2.05) is 0 Å². The van der Waals surface area contributed by atoms with Crippen molar-refractivity contribution < 1.29 is 17.9 Å². The number of thiol groups is 1. The largest absolute Gasteiger partial charge is 0.465 e. The molecule has 6 heteroatoms. The lowest BCUT2D eigenvalue weighted by atomic mass is 10.0. The Balaban J connectivity index is 3.39. The average Bonchev–Trinajstić information content (AvgIpc) is 2.35. The summed E-state index contributed by atoms with van der Waals surface area (Å²) < 4.78 is 26.5. The Morgan fingerprint density at radius 2 is 2.00 bits per heavy atom. The number of anilines is 1. The van der Waals surface area contributed by atoms with Gasteiger partial charge in [-0.1, -0.05) is 24.8 Å². The second kappa shape index (κ2) is 6.38. The number of ether oxygens (including phenoxy) is 1. The zero-order valence-corrected chi connectivity index (χ0v) is 12.1. The van der Waals surface area contributed by atoms with Gasteiger partial charge < -0.3 is 9.64 Å². The summed E-state index contributed by atoms with van der Waals surface area (Å²) in [5.74, 6) is -0.614. The number of carbonyl (C=O) groups is 1. The summed E-state index contributed by atoms with van der Waals surface area (Å²) >= 11 is 0. The highest BCUT2D eigenvalue weighted by atomic mass is 32.2. The van der Waals surface area contributed by atoms with Gasteiger partial charge in [0.25, 0.3) is 0 Å². The highest BCUT2D eigenvalue weighted by Gasteiger charge is 2.17. The zero-order valence-electron chi connectivity index (χ0n) is 11.2. The van der Waals surface area contributed by atoms with Crippen LogP contribution < -0.4 is 4.90 Å². The van der Waals surface area contributed by atoms with E-state index in [-0.39, 0.29) is 11.3 Å². The van der Waals surface area contributed by atoms with Gasteiger partial charge in [-0.2, -0.15) is 0 Å². The summed E-state index contributed by atoms with van der Waals surface area (Å²) in [4.78, 5) is 13.3. The number of benzene rings is 1. The second-order valence-electron chi connectivity index (χ2n) is 4.17. The predicted octanol–water partition coefficient (Wildman–Crippen LogP) is 1.05. The maximum Gasteiger partial charge on any atom is 0.337 e. The number of carbonyl (C=O) groups excluding carboxylic acids is 1. The van der Waals surface area contributed by atoms with Crippen molar-refractivity contribution in [3.63, 3.8) is 0 Å². The van der Waals surface area contributed by atoms with Gasteiger partial charge in [0.05, 0.1) is 18.4 Å². The SMILES string of the molecule is C=C(C(=O)OC)c1cccc(C[SH](=O)=O)c1N(C)C. The van der Waals surface area contributed by atoms with Crippen molar-refractivity contribution in [1.29, 1.82) is 0 Å². The smallest absolute Gasteiger partial charge is 0.337 e. The summed E-state index contributed by atoms with van der Waals surface area (Å²) in [6, 6.07) is 5.13. The fraction of sp³-hybridized carbons (Fsp3) is 0.308. The first-order valence-corrected chi connectivity index (χ1v) is 6.93. The number of nitrogens with zero attached hydrogens (tertiary/aromatic N) is 1. The molecule has 0 aliphatic rings. The molecule has 0 saturated heterocycles. The number of rotatable bonds is 5. The third-order valence-corrected chi connectivity index (χ3v) is 3.22. The van der Waals surface area contributed by atoms with Crippen LogP contribution in [0.25, 0.3) is 5.57 Å². The van der Waals surface area contributed by atoms with Crippen molar-refractivity contribution in [3.8, 4) is 0 Å². The molecular formula is C13H17NO4S. The molecule has 1 aromatic carbocycles. The van der Waals surface area contributed by atoms with E-state index >= 15 is 0 Å². The second-order valence-corrected chi connectivity index (χ2v) is 5.15. The number of hydrogen-bond acceptors (Lipinski definition) is 5. The monoisotopic (exact) mass is 283 g/mol. The fourth-order valence-electron chi connectivity index (χ4n) is 1.86. The summed E-state index contributed by atoms with van der Waals surface area (Å²) in [6.45, 7) is 3.71. The van der Waals surface area contributed by atoms with Gasteiger partial charge in [-0.3, -0.25) is 0 Å². The van der Waals surface area contributed by atoms with Gasteiger partial charge in [0, 0.05) is 25.3 Å². The predicted molar refractivity (Wildman–Crippen MR) is 75.8 cm³/mol. The lowest BCUT2D eigenvalue weighted by Gasteiger charge is -2.21. The van der Waals surface area contributed by atoms with Gasteiger partial charge in [-0.05, 0) is 5.56 Å². The summed E-state index contributed by atoms with van der Waals surface area (Å²) in [7, 11) is 2.30. The Hall–Kier alpha value is -1.82. The van der Waals surface area contributed by atoms with E-state index in [4.69, 9.17) is 0 Å². The normalized spacial score (nSPS) is 10.3. The Labute approximate surface area is 114 Å². The van der Waals surface area contributed by atoms with Crippen LogP contribution in [0, 0.1) is 0 Å². The molecule has 0 spiro atoms. The maximum absolute atomic E-state index is 11.6. The van der Waals surface area contributed by atoms with Gasteiger partial charge in [-0.15, -0.1) is 0 Å². The highest BCUT2D eigenvalue weighted by Crippen LogP contribution is 2.30. The first-order chi connectivity index (χ1) is 8.88. The molecule has 0 aliphatic carbocycles. The maximum atomic E-state index is 11.6. The van der Waals surface area contributed by atoms with Crippen LogP contribution in [0.15, 0.2) is 24.8 Å². The molecule has 0 aromatic heterocycles. The third kappa shape index (κ3) is 3.57. The molecule has 0 bridgehead atoms. The van der Waals surface area contributed by atoms with Crippen LogP contribution in [0.4, 0.5) is 5.69 Å². The Bertz CT molecular complexity index is 568. The van der Waals surface area contributed by atoms with Crippen molar-refractivity contribution in [2.75, 3.05) is 26.1 Å². The number of hydrogen-bond donors (Lipinski definition) is 1. The molecule has 5 nitrogen and oxygen atoms in total. The van der Waals surface area contributed by atoms with E-state index in [0.717, 1.165) is 0 Å². The molecule has 0 N–H and O–H groups in total. The number of para-hydroxylation sites is 1. The van der Waals surface area contributed by atoms with Crippen molar-refractivity contribution in [2.45, 2.75) is 5.75 Å². The molecule has 1 rings (SSSR count).